The third kappa shape index (κ3) is 2.44. The summed E-state index contributed by atoms with van der Waals surface area (Å²) in [5, 5.41) is 24.3. The van der Waals surface area contributed by atoms with Crippen LogP contribution >= 0.6 is 0 Å². The second kappa shape index (κ2) is 6.56. The molecule has 5 rings (SSSR count). The van der Waals surface area contributed by atoms with E-state index in [1.807, 2.05) is 24.3 Å². The van der Waals surface area contributed by atoms with Gasteiger partial charge in [0.05, 0.1) is 18.3 Å². The Morgan fingerprint density at radius 1 is 0.933 bits per heavy atom. The van der Waals surface area contributed by atoms with Crippen LogP contribution in [-0.2, 0) is 10.4 Å². The van der Waals surface area contributed by atoms with Crippen LogP contribution in [0.1, 0.15) is 77.2 Å². The Morgan fingerprint density at radius 3 is 2.37 bits per heavy atom. The fraction of sp³-hybridized carbons (Fsp3) is 0.731. The number of carbonyl (C=O) groups excluding carboxylic acids is 1. The molecule has 0 aliphatic heterocycles. The summed E-state index contributed by atoms with van der Waals surface area (Å²) in [6.07, 6.45) is 7.49. The standard InChI is InChI=1S/C26H36O4/c1-23-12-10-19(27)16-18(23)6-9-22-21(23)11-13-24(2)25(28,14-15-26(22,24)29)17-4-7-20(30-3)8-5-17/h4-5,7-8,18,21-22,28-29H,6,9-16H2,1-3H3/t18-,21+,22-,23+,24-,25+,26+/m1/s1. The van der Waals surface area contributed by atoms with Crippen LogP contribution in [0.25, 0.3) is 0 Å². The Labute approximate surface area is 180 Å². The zero-order chi connectivity index (χ0) is 21.4. The van der Waals surface area contributed by atoms with Crippen LogP contribution in [0.2, 0.25) is 0 Å². The minimum absolute atomic E-state index is 0.148. The molecule has 4 nitrogen and oxygen atoms in total. The van der Waals surface area contributed by atoms with Crippen LogP contribution in [0.3, 0.4) is 0 Å². The smallest absolute Gasteiger partial charge is 0.133 e. The maximum Gasteiger partial charge on any atom is 0.133 e. The molecule has 0 saturated heterocycles. The molecule has 4 aliphatic rings. The van der Waals surface area contributed by atoms with Crippen LogP contribution in [0.4, 0.5) is 0 Å². The Bertz CT molecular complexity index is 849. The number of Topliss-reactive ketones (excluding diaryl/α,β-unsaturated/α-hetero) is 1. The normalized spacial score (nSPS) is 47.9. The van der Waals surface area contributed by atoms with Crippen molar-refractivity contribution in [3.63, 3.8) is 0 Å². The molecule has 1 aromatic rings. The average molecular weight is 413 g/mol. The lowest BCUT2D eigenvalue weighted by Gasteiger charge is -2.64. The third-order valence-corrected chi connectivity index (χ3v) is 10.4. The second-order valence-electron chi connectivity index (χ2n) is 11.1. The molecule has 0 amide bonds. The maximum atomic E-state index is 12.3. The molecule has 7 atom stereocenters. The van der Waals surface area contributed by atoms with Crippen LogP contribution in [0.5, 0.6) is 5.75 Å². The lowest BCUT2D eigenvalue weighted by Crippen LogP contribution is -2.64. The fourth-order valence-corrected chi connectivity index (χ4v) is 8.36. The molecule has 0 heterocycles. The van der Waals surface area contributed by atoms with Gasteiger partial charge in [-0.25, -0.2) is 0 Å². The van der Waals surface area contributed by atoms with Crippen molar-refractivity contribution >= 4 is 5.78 Å². The zero-order valence-corrected chi connectivity index (χ0v) is 18.6. The number of hydrogen-bond donors (Lipinski definition) is 2. The predicted octanol–water partition coefficient (Wildman–Crippen LogP) is 4.61. The highest BCUT2D eigenvalue weighted by Crippen LogP contribution is 2.71. The summed E-state index contributed by atoms with van der Waals surface area (Å²) in [6, 6.07) is 7.75. The third-order valence-electron chi connectivity index (χ3n) is 10.4. The van der Waals surface area contributed by atoms with E-state index in [-0.39, 0.29) is 11.3 Å². The van der Waals surface area contributed by atoms with Gasteiger partial charge in [-0.05, 0) is 85.8 Å². The van der Waals surface area contributed by atoms with Crippen molar-refractivity contribution in [1.82, 2.24) is 0 Å². The molecule has 164 valence electrons. The molecule has 4 fully saturated rings. The van der Waals surface area contributed by atoms with Gasteiger partial charge in [-0.15, -0.1) is 0 Å². The summed E-state index contributed by atoms with van der Waals surface area (Å²) in [5.41, 5.74) is -1.42. The molecular formula is C26H36O4. The minimum Gasteiger partial charge on any atom is -0.497 e. The average Bonchev–Trinajstić information content (AvgIpc) is 2.96. The van der Waals surface area contributed by atoms with E-state index in [9.17, 15) is 15.0 Å². The van der Waals surface area contributed by atoms with Crippen molar-refractivity contribution in [2.75, 3.05) is 7.11 Å². The van der Waals surface area contributed by atoms with Gasteiger partial charge in [0.25, 0.3) is 0 Å². The molecule has 0 bridgehead atoms. The quantitative estimate of drug-likeness (QED) is 0.744. The highest BCUT2D eigenvalue weighted by atomic mass is 16.5. The van der Waals surface area contributed by atoms with Crippen LogP contribution in [0.15, 0.2) is 24.3 Å². The number of fused-ring (bicyclic) bond motifs is 5. The lowest BCUT2D eigenvalue weighted by atomic mass is 9.43. The van der Waals surface area contributed by atoms with Gasteiger partial charge >= 0.3 is 0 Å². The number of benzene rings is 1. The molecule has 4 aliphatic carbocycles. The summed E-state index contributed by atoms with van der Waals surface area (Å²) >= 11 is 0. The fourth-order valence-electron chi connectivity index (χ4n) is 8.36. The molecule has 2 N–H and O–H groups in total. The summed E-state index contributed by atoms with van der Waals surface area (Å²) in [7, 11) is 1.65. The Morgan fingerprint density at radius 2 is 1.67 bits per heavy atom. The number of ether oxygens (including phenoxy) is 1. The lowest BCUT2D eigenvalue weighted by molar-refractivity contribution is -0.235. The van der Waals surface area contributed by atoms with E-state index in [0.29, 0.717) is 36.9 Å². The van der Waals surface area contributed by atoms with E-state index in [4.69, 9.17) is 4.74 Å². The van der Waals surface area contributed by atoms with E-state index in [1.54, 1.807) is 7.11 Å². The molecule has 4 heteroatoms. The van der Waals surface area contributed by atoms with Gasteiger partial charge < -0.3 is 14.9 Å². The maximum absolute atomic E-state index is 12.3. The first-order chi connectivity index (χ1) is 14.2. The highest BCUT2D eigenvalue weighted by molar-refractivity contribution is 5.79. The molecule has 4 saturated carbocycles. The van der Waals surface area contributed by atoms with Gasteiger partial charge in [0.1, 0.15) is 11.5 Å². The molecular weight excluding hydrogens is 376 g/mol. The largest absolute Gasteiger partial charge is 0.497 e. The van der Waals surface area contributed by atoms with Crippen LogP contribution in [-0.4, -0.2) is 28.7 Å². The first-order valence-electron chi connectivity index (χ1n) is 11.8. The Balaban J connectivity index is 1.51. The summed E-state index contributed by atoms with van der Waals surface area (Å²) < 4.78 is 5.30. The van der Waals surface area contributed by atoms with Crippen LogP contribution < -0.4 is 4.74 Å². The minimum atomic E-state index is -1.03. The van der Waals surface area contributed by atoms with Crippen LogP contribution in [0, 0.1) is 28.6 Å². The molecule has 30 heavy (non-hydrogen) atoms. The molecule has 0 radical (unpaired) electrons. The van der Waals surface area contributed by atoms with Crippen molar-refractivity contribution in [1.29, 1.82) is 0 Å². The molecule has 0 spiro atoms. The van der Waals surface area contributed by atoms with E-state index >= 15 is 0 Å². The SMILES string of the molecule is COc1ccc([C@@]2(O)CC[C@]3(O)[C@@H]4CC[C@@H]5CC(=O)CC[C@]5(C)[C@H]4CC[C@]23C)cc1. The first-order valence-corrected chi connectivity index (χ1v) is 11.8. The summed E-state index contributed by atoms with van der Waals surface area (Å²) in [5.74, 6) is 2.32. The zero-order valence-electron chi connectivity index (χ0n) is 18.6. The Kier molecular flexibility index (Phi) is 4.48. The number of methoxy groups -OCH3 is 1. The van der Waals surface area contributed by atoms with Gasteiger partial charge in [0.15, 0.2) is 0 Å². The van der Waals surface area contributed by atoms with Crippen molar-refractivity contribution in [3.8, 4) is 5.75 Å². The molecule has 0 aromatic heterocycles. The monoisotopic (exact) mass is 412 g/mol. The number of aliphatic hydroxyl groups is 2. The van der Waals surface area contributed by atoms with Crippen molar-refractivity contribution in [2.24, 2.45) is 28.6 Å². The number of hydrogen-bond acceptors (Lipinski definition) is 4. The Hall–Kier alpha value is -1.39. The van der Waals surface area contributed by atoms with E-state index in [0.717, 1.165) is 49.8 Å². The van der Waals surface area contributed by atoms with Crippen molar-refractivity contribution in [2.45, 2.75) is 82.8 Å². The number of carbonyl (C=O) groups is 1. The number of ketones is 1. The summed E-state index contributed by atoms with van der Waals surface area (Å²) in [4.78, 5) is 12.1. The second-order valence-corrected chi connectivity index (χ2v) is 11.1. The predicted molar refractivity (Wildman–Crippen MR) is 115 cm³/mol. The van der Waals surface area contributed by atoms with Gasteiger partial charge in [0, 0.05) is 18.3 Å². The summed E-state index contributed by atoms with van der Waals surface area (Å²) in [6.45, 7) is 4.51. The van der Waals surface area contributed by atoms with E-state index in [2.05, 4.69) is 13.8 Å². The topological polar surface area (TPSA) is 66.8 Å². The molecule has 1 aromatic carbocycles. The number of rotatable bonds is 2. The first kappa shape index (κ1) is 20.5. The van der Waals surface area contributed by atoms with Gasteiger partial charge in [0.2, 0.25) is 0 Å². The van der Waals surface area contributed by atoms with Crippen molar-refractivity contribution < 1.29 is 19.7 Å². The van der Waals surface area contributed by atoms with Gasteiger partial charge in [-0.2, -0.15) is 0 Å². The van der Waals surface area contributed by atoms with Gasteiger partial charge in [-0.1, -0.05) is 26.0 Å². The molecule has 0 unspecified atom stereocenters. The van der Waals surface area contributed by atoms with E-state index < -0.39 is 16.6 Å². The van der Waals surface area contributed by atoms with Gasteiger partial charge in [-0.3, -0.25) is 4.79 Å². The van der Waals surface area contributed by atoms with Crippen molar-refractivity contribution in [3.05, 3.63) is 29.8 Å². The van der Waals surface area contributed by atoms with E-state index in [1.165, 1.54) is 0 Å². The highest BCUT2D eigenvalue weighted by Gasteiger charge is 2.71.